The lowest BCUT2D eigenvalue weighted by atomic mass is 9.80. The van der Waals surface area contributed by atoms with Crippen LogP contribution < -0.4 is 10.2 Å². The Morgan fingerprint density at radius 1 is 1.00 bits per heavy atom. The van der Waals surface area contributed by atoms with Crippen LogP contribution in [-0.2, 0) is 4.79 Å². The molecule has 0 aliphatic heterocycles. The molecule has 2 aliphatic carbocycles. The molecule has 0 saturated heterocycles. The number of benzene rings is 1. The summed E-state index contributed by atoms with van der Waals surface area (Å²) in [5.74, 6) is -2.05. The van der Waals surface area contributed by atoms with Gasteiger partial charge in [0.1, 0.15) is 0 Å². The van der Waals surface area contributed by atoms with Crippen LogP contribution in [0.5, 0.6) is 0 Å². The Labute approximate surface area is 165 Å². The number of anilines is 1. The van der Waals surface area contributed by atoms with Gasteiger partial charge in [-0.15, -0.1) is 0 Å². The maximum Gasteiger partial charge on any atom is 0.391 e. The number of carbonyl (C=O) groups is 1. The number of para-hydroxylation sites is 1. The Kier molecular flexibility index (Phi) is 7.02. The monoisotopic (exact) mass is 396 g/mol. The van der Waals surface area contributed by atoms with Crippen molar-refractivity contribution in [2.24, 2.45) is 11.8 Å². The van der Waals surface area contributed by atoms with Crippen molar-refractivity contribution in [2.75, 3.05) is 11.9 Å². The van der Waals surface area contributed by atoms with Gasteiger partial charge < -0.3 is 10.2 Å². The molecule has 0 radical (unpaired) electrons. The number of hydrogen-bond acceptors (Lipinski definition) is 2. The van der Waals surface area contributed by atoms with Gasteiger partial charge in [-0.05, 0) is 51.3 Å². The molecule has 2 aliphatic rings. The molecule has 2 fully saturated rings. The molecule has 2 saturated carbocycles. The lowest BCUT2D eigenvalue weighted by molar-refractivity contribution is -0.186. The molecular formula is C22H31F3N2O. The zero-order chi connectivity index (χ0) is 20.1. The zero-order valence-electron chi connectivity index (χ0n) is 16.5. The van der Waals surface area contributed by atoms with Gasteiger partial charge in [-0.1, -0.05) is 43.9 Å². The summed E-state index contributed by atoms with van der Waals surface area (Å²) < 4.78 is 39.9. The van der Waals surface area contributed by atoms with Crippen LogP contribution in [0.4, 0.5) is 18.9 Å². The predicted octanol–water partition coefficient (Wildman–Crippen LogP) is 5.31. The van der Waals surface area contributed by atoms with Crippen molar-refractivity contribution >= 4 is 11.6 Å². The molecule has 4 unspecified atom stereocenters. The summed E-state index contributed by atoms with van der Waals surface area (Å²) in [6.07, 6.45) is 1.99. The van der Waals surface area contributed by atoms with Gasteiger partial charge in [0.2, 0.25) is 5.91 Å². The van der Waals surface area contributed by atoms with Crippen molar-refractivity contribution in [3.63, 3.8) is 0 Å². The summed E-state index contributed by atoms with van der Waals surface area (Å²) in [6.45, 7) is 0. The third kappa shape index (κ3) is 4.88. The van der Waals surface area contributed by atoms with Gasteiger partial charge in [0.05, 0.1) is 12.0 Å². The molecule has 3 nitrogen and oxygen atoms in total. The highest BCUT2D eigenvalue weighted by Gasteiger charge is 2.45. The third-order valence-corrected chi connectivity index (χ3v) is 6.44. The Morgan fingerprint density at radius 2 is 1.71 bits per heavy atom. The van der Waals surface area contributed by atoms with E-state index in [1.807, 2.05) is 42.3 Å². The Hall–Kier alpha value is -1.56. The molecule has 3 rings (SSSR count). The first-order chi connectivity index (χ1) is 13.4. The fourth-order valence-corrected chi connectivity index (χ4v) is 4.91. The molecule has 1 N–H and O–H groups in total. The minimum atomic E-state index is -4.22. The van der Waals surface area contributed by atoms with E-state index in [9.17, 15) is 18.0 Å². The number of rotatable bonds is 4. The SMILES string of the molecule is CNC1CCCCCC1N(C(=O)C1CCCC(C(F)(F)F)C1)c1ccccc1. The van der Waals surface area contributed by atoms with Crippen molar-refractivity contribution in [2.45, 2.75) is 76.0 Å². The summed E-state index contributed by atoms with van der Waals surface area (Å²) >= 11 is 0. The molecule has 1 aromatic rings. The number of likely N-dealkylation sites (N-methyl/N-ethyl adjacent to an activating group) is 1. The van der Waals surface area contributed by atoms with Gasteiger partial charge in [-0.2, -0.15) is 13.2 Å². The van der Waals surface area contributed by atoms with Gasteiger partial charge >= 0.3 is 6.18 Å². The molecule has 0 heterocycles. The first-order valence-corrected chi connectivity index (χ1v) is 10.5. The quantitative estimate of drug-likeness (QED) is 0.700. The average Bonchev–Trinajstić information content (AvgIpc) is 2.94. The molecule has 6 heteroatoms. The first-order valence-electron chi connectivity index (χ1n) is 10.5. The van der Waals surface area contributed by atoms with Crippen molar-refractivity contribution in [1.82, 2.24) is 5.32 Å². The van der Waals surface area contributed by atoms with E-state index in [4.69, 9.17) is 0 Å². The van der Waals surface area contributed by atoms with Crippen LogP contribution in [0.2, 0.25) is 0 Å². The highest BCUT2D eigenvalue weighted by molar-refractivity contribution is 5.95. The summed E-state index contributed by atoms with van der Waals surface area (Å²) in [7, 11) is 1.91. The normalized spacial score (nSPS) is 29.1. The molecule has 1 amide bonds. The highest BCUT2D eigenvalue weighted by atomic mass is 19.4. The van der Waals surface area contributed by atoms with Gasteiger partial charge in [-0.25, -0.2) is 0 Å². The van der Waals surface area contributed by atoms with Crippen LogP contribution in [0.25, 0.3) is 0 Å². The lowest BCUT2D eigenvalue weighted by Crippen LogP contribution is -2.53. The second-order valence-electron chi connectivity index (χ2n) is 8.25. The van der Waals surface area contributed by atoms with Crippen molar-refractivity contribution in [3.8, 4) is 0 Å². The number of nitrogens with zero attached hydrogens (tertiary/aromatic N) is 1. The second kappa shape index (κ2) is 9.29. The number of halogens is 3. The minimum absolute atomic E-state index is 0.0198. The van der Waals surface area contributed by atoms with Gasteiger partial charge in [0.15, 0.2) is 0 Å². The first kappa shape index (κ1) is 21.2. The highest BCUT2D eigenvalue weighted by Crippen LogP contribution is 2.41. The fourth-order valence-electron chi connectivity index (χ4n) is 4.91. The summed E-state index contributed by atoms with van der Waals surface area (Å²) in [6, 6.07) is 9.62. The van der Waals surface area contributed by atoms with E-state index in [0.717, 1.165) is 37.8 Å². The molecule has 0 aromatic heterocycles. The smallest absolute Gasteiger partial charge is 0.315 e. The molecule has 0 bridgehead atoms. The van der Waals surface area contributed by atoms with E-state index in [1.165, 1.54) is 0 Å². The number of amides is 1. The van der Waals surface area contributed by atoms with Crippen LogP contribution in [0.1, 0.15) is 57.8 Å². The maximum atomic E-state index is 13.6. The molecule has 4 atom stereocenters. The van der Waals surface area contributed by atoms with Gasteiger partial charge in [-0.3, -0.25) is 4.79 Å². The minimum Gasteiger partial charge on any atom is -0.315 e. The van der Waals surface area contributed by atoms with Crippen LogP contribution in [0.3, 0.4) is 0 Å². The molecular weight excluding hydrogens is 365 g/mol. The summed E-state index contributed by atoms with van der Waals surface area (Å²) in [4.78, 5) is 15.4. The largest absolute Gasteiger partial charge is 0.391 e. The topological polar surface area (TPSA) is 32.3 Å². The predicted molar refractivity (Wildman–Crippen MR) is 105 cm³/mol. The third-order valence-electron chi connectivity index (χ3n) is 6.44. The molecule has 28 heavy (non-hydrogen) atoms. The van der Waals surface area contributed by atoms with E-state index in [2.05, 4.69) is 5.32 Å². The van der Waals surface area contributed by atoms with Gasteiger partial charge in [0, 0.05) is 17.6 Å². The molecule has 0 spiro atoms. The standard InChI is InChI=1S/C22H31F3N2O/c1-26-19-13-6-3-7-14-20(19)27(18-11-4-2-5-12-18)21(28)16-9-8-10-17(15-16)22(23,24)25/h2,4-5,11-12,16-17,19-20,26H,3,6-10,13-15H2,1H3. The summed E-state index contributed by atoms with van der Waals surface area (Å²) in [5, 5.41) is 3.36. The van der Waals surface area contributed by atoms with E-state index in [0.29, 0.717) is 12.8 Å². The maximum absolute atomic E-state index is 13.6. The van der Waals surface area contributed by atoms with Crippen LogP contribution in [0, 0.1) is 11.8 Å². The number of hydrogen-bond donors (Lipinski definition) is 1. The molecule has 156 valence electrons. The van der Waals surface area contributed by atoms with E-state index in [-0.39, 0.29) is 30.8 Å². The second-order valence-corrected chi connectivity index (χ2v) is 8.25. The lowest BCUT2D eigenvalue weighted by Gasteiger charge is -2.40. The van der Waals surface area contributed by atoms with Crippen molar-refractivity contribution < 1.29 is 18.0 Å². The summed E-state index contributed by atoms with van der Waals surface area (Å²) in [5.41, 5.74) is 0.800. The number of carbonyl (C=O) groups excluding carboxylic acids is 1. The van der Waals surface area contributed by atoms with E-state index < -0.39 is 18.0 Å². The number of alkyl halides is 3. The van der Waals surface area contributed by atoms with Crippen LogP contribution in [0.15, 0.2) is 30.3 Å². The molecule has 1 aromatic carbocycles. The number of nitrogens with one attached hydrogen (secondary N) is 1. The Morgan fingerprint density at radius 3 is 2.39 bits per heavy atom. The van der Waals surface area contributed by atoms with Crippen LogP contribution in [-0.4, -0.2) is 31.2 Å². The van der Waals surface area contributed by atoms with Crippen molar-refractivity contribution in [1.29, 1.82) is 0 Å². The average molecular weight is 396 g/mol. The Balaban J connectivity index is 1.89. The van der Waals surface area contributed by atoms with Gasteiger partial charge in [0.25, 0.3) is 0 Å². The van der Waals surface area contributed by atoms with E-state index >= 15 is 0 Å². The zero-order valence-corrected chi connectivity index (χ0v) is 16.5. The van der Waals surface area contributed by atoms with Crippen molar-refractivity contribution in [3.05, 3.63) is 30.3 Å². The van der Waals surface area contributed by atoms with E-state index in [1.54, 1.807) is 0 Å². The Bertz CT molecular complexity index is 634. The van der Waals surface area contributed by atoms with Crippen LogP contribution >= 0.6 is 0 Å². The fraction of sp³-hybridized carbons (Fsp3) is 0.682.